The van der Waals surface area contributed by atoms with Crippen LogP contribution in [0.1, 0.15) is 32.3 Å². The molecule has 1 aliphatic rings. The molecule has 0 aromatic heterocycles. The Morgan fingerprint density at radius 2 is 1.95 bits per heavy atom. The van der Waals surface area contributed by atoms with Gasteiger partial charge in [0.25, 0.3) is 0 Å². The second-order valence-corrected chi connectivity index (χ2v) is 5.67. The van der Waals surface area contributed by atoms with Crippen molar-refractivity contribution in [2.45, 2.75) is 39.3 Å². The van der Waals surface area contributed by atoms with Gasteiger partial charge in [0.1, 0.15) is 0 Å². The van der Waals surface area contributed by atoms with Gasteiger partial charge in [-0.15, -0.1) is 12.4 Å². The smallest absolute Gasteiger partial charge is 0.223 e. The van der Waals surface area contributed by atoms with Gasteiger partial charge in [0.2, 0.25) is 11.8 Å². The molecular weight excluding hydrogens is 302 g/mol. The van der Waals surface area contributed by atoms with Crippen molar-refractivity contribution in [3.63, 3.8) is 0 Å². The van der Waals surface area contributed by atoms with Gasteiger partial charge in [-0.3, -0.25) is 9.59 Å². The molecular formula is C16H24ClN3O2. The fourth-order valence-electron chi connectivity index (χ4n) is 2.61. The Morgan fingerprint density at radius 3 is 2.55 bits per heavy atom. The van der Waals surface area contributed by atoms with Crippen molar-refractivity contribution in [3.05, 3.63) is 29.8 Å². The van der Waals surface area contributed by atoms with Crippen LogP contribution in [0.4, 0.5) is 5.69 Å². The molecule has 3 N–H and O–H groups in total. The first-order valence-corrected chi connectivity index (χ1v) is 7.42. The van der Waals surface area contributed by atoms with E-state index in [-0.39, 0.29) is 30.1 Å². The topological polar surface area (TPSA) is 70.2 Å². The fraction of sp³-hybridized carbons (Fsp3) is 0.500. The minimum atomic E-state index is -0.0870. The van der Waals surface area contributed by atoms with Crippen LogP contribution in [0.15, 0.2) is 24.3 Å². The third-order valence-corrected chi connectivity index (χ3v) is 3.74. The van der Waals surface area contributed by atoms with Crippen LogP contribution in [-0.4, -0.2) is 24.4 Å². The van der Waals surface area contributed by atoms with Gasteiger partial charge in [-0.1, -0.05) is 12.1 Å². The van der Waals surface area contributed by atoms with E-state index in [0.717, 1.165) is 30.6 Å². The molecule has 5 nitrogen and oxygen atoms in total. The highest BCUT2D eigenvalue weighted by molar-refractivity contribution is 5.88. The van der Waals surface area contributed by atoms with Crippen LogP contribution in [0.25, 0.3) is 0 Å². The first-order valence-electron chi connectivity index (χ1n) is 7.42. The molecule has 2 rings (SSSR count). The molecule has 0 saturated carbocycles. The molecule has 1 fully saturated rings. The number of piperidine rings is 1. The van der Waals surface area contributed by atoms with E-state index in [9.17, 15) is 9.59 Å². The minimum absolute atomic E-state index is 0. The molecule has 0 aliphatic carbocycles. The number of halogens is 1. The first-order chi connectivity index (χ1) is 10.0. The van der Waals surface area contributed by atoms with E-state index >= 15 is 0 Å². The number of carbonyl (C=O) groups is 2. The zero-order valence-corrected chi connectivity index (χ0v) is 13.8. The highest BCUT2D eigenvalue weighted by Gasteiger charge is 2.24. The van der Waals surface area contributed by atoms with E-state index in [1.165, 1.54) is 6.92 Å². The van der Waals surface area contributed by atoms with Crippen LogP contribution < -0.4 is 16.0 Å². The largest absolute Gasteiger partial charge is 0.352 e. The normalized spacial score (nSPS) is 20.6. The summed E-state index contributed by atoms with van der Waals surface area (Å²) in [5, 5.41) is 9.06. The highest BCUT2D eigenvalue weighted by Crippen LogP contribution is 2.16. The number of benzene rings is 1. The van der Waals surface area contributed by atoms with E-state index in [1.807, 2.05) is 24.3 Å². The predicted octanol–water partition coefficient (Wildman–Crippen LogP) is 2.07. The quantitative estimate of drug-likeness (QED) is 0.793. The minimum Gasteiger partial charge on any atom is -0.352 e. The Hall–Kier alpha value is -1.59. The summed E-state index contributed by atoms with van der Waals surface area (Å²) < 4.78 is 0. The molecule has 2 atom stereocenters. The third kappa shape index (κ3) is 5.66. The molecule has 1 aromatic rings. The molecule has 0 bridgehead atoms. The second kappa shape index (κ2) is 8.76. The summed E-state index contributed by atoms with van der Waals surface area (Å²) in [5.41, 5.74) is 1.80. The molecule has 1 aromatic carbocycles. The maximum absolute atomic E-state index is 12.1. The average Bonchev–Trinajstić information content (AvgIpc) is 2.45. The third-order valence-electron chi connectivity index (χ3n) is 3.74. The average molecular weight is 326 g/mol. The van der Waals surface area contributed by atoms with Crippen molar-refractivity contribution >= 4 is 29.9 Å². The maximum Gasteiger partial charge on any atom is 0.223 e. The number of amides is 2. The molecule has 1 saturated heterocycles. The molecule has 2 amide bonds. The SMILES string of the molecule is CC(=O)Nc1ccc(CNC(=O)[C@H]2CCN[C@@H](C)C2)cc1.Cl. The summed E-state index contributed by atoms with van der Waals surface area (Å²) in [7, 11) is 0. The van der Waals surface area contributed by atoms with E-state index in [1.54, 1.807) is 0 Å². The van der Waals surface area contributed by atoms with Crippen molar-refractivity contribution in [1.82, 2.24) is 10.6 Å². The van der Waals surface area contributed by atoms with E-state index < -0.39 is 0 Å². The van der Waals surface area contributed by atoms with Gasteiger partial charge >= 0.3 is 0 Å². The lowest BCUT2D eigenvalue weighted by Crippen LogP contribution is -2.42. The van der Waals surface area contributed by atoms with Crippen molar-refractivity contribution in [3.8, 4) is 0 Å². The lowest BCUT2D eigenvalue weighted by Gasteiger charge is -2.27. The van der Waals surface area contributed by atoms with Gasteiger partial charge < -0.3 is 16.0 Å². The predicted molar refractivity (Wildman–Crippen MR) is 90.0 cm³/mol. The number of nitrogens with one attached hydrogen (secondary N) is 3. The molecule has 0 spiro atoms. The van der Waals surface area contributed by atoms with Crippen molar-refractivity contribution in [2.75, 3.05) is 11.9 Å². The Morgan fingerprint density at radius 1 is 1.27 bits per heavy atom. The van der Waals surface area contributed by atoms with Crippen LogP contribution in [0.2, 0.25) is 0 Å². The monoisotopic (exact) mass is 325 g/mol. The molecule has 0 radical (unpaired) electrons. The maximum atomic E-state index is 12.1. The summed E-state index contributed by atoms with van der Waals surface area (Å²) in [6.07, 6.45) is 1.80. The highest BCUT2D eigenvalue weighted by atomic mass is 35.5. The zero-order chi connectivity index (χ0) is 15.2. The van der Waals surface area contributed by atoms with Crippen LogP contribution in [0.5, 0.6) is 0 Å². The Balaban J connectivity index is 0.00000242. The van der Waals surface area contributed by atoms with Crippen molar-refractivity contribution in [2.24, 2.45) is 5.92 Å². The lowest BCUT2D eigenvalue weighted by molar-refractivity contribution is -0.126. The zero-order valence-electron chi connectivity index (χ0n) is 13.0. The second-order valence-electron chi connectivity index (χ2n) is 5.67. The van der Waals surface area contributed by atoms with E-state index in [2.05, 4.69) is 22.9 Å². The molecule has 6 heteroatoms. The number of anilines is 1. The summed E-state index contributed by atoms with van der Waals surface area (Å²) in [4.78, 5) is 23.1. The van der Waals surface area contributed by atoms with Gasteiger partial charge in [0.05, 0.1) is 0 Å². The lowest BCUT2D eigenvalue weighted by atomic mass is 9.92. The summed E-state index contributed by atoms with van der Waals surface area (Å²) in [6.45, 7) is 5.02. The summed E-state index contributed by atoms with van der Waals surface area (Å²) in [5.74, 6) is 0.158. The molecule has 22 heavy (non-hydrogen) atoms. The van der Waals surface area contributed by atoms with Crippen molar-refractivity contribution in [1.29, 1.82) is 0 Å². The van der Waals surface area contributed by atoms with Crippen LogP contribution in [0, 0.1) is 5.92 Å². The van der Waals surface area contributed by atoms with Gasteiger partial charge in [-0.25, -0.2) is 0 Å². The molecule has 1 heterocycles. The molecule has 0 unspecified atom stereocenters. The standard InChI is InChI=1S/C16H23N3O2.ClH/c1-11-9-14(7-8-17-11)16(21)18-10-13-3-5-15(6-4-13)19-12(2)20;/h3-6,11,14,17H,7-10H2,1-2H3,(H,18,21)(H,19,20);1H/t11-,14-;/m0./s1. The van der Waals surface area contributed by atoms with Gasteiger partial charge in [-0.05, 0) is 44.0 Å². The van der Waals surface area contributed by atoms with Crippen LogP contribution >= 0.6 is 12.4 Å². The molecule has 122 valence electrons. The Labute approximate surface area is 137 Å². The number of hydrogen-bond donors (Lipinski definition) is 3. The van der Waals surface area contributed by atoms with Gasteiger partial charge in [0.15, 0.2) is 0 Å². The number of carbonyl (C=O) groups excluding carboxylic acids is 2. The van der Waals surface area contributed by atoms with Crippen LogP contribution in [-0.2, 0) is 16.1 Å². The summed E-state index contributed by atoms with van der Waals surface area (Å²) >= 11 is 0. The van der Waals surface area contributed by atoms with Gasteiger partial charge in [0, 0.05) is 31.1 Å². The number of rotatable bonds is 4. The van der Waals surface area contributed by atoms with Crippen LogP contribution in [0.3, 0.4) is 0 Å². The Bertz CT molecular complexity index is 505. The summed E-state index contributed by atoms with van der Waals surface area (Å²) in [6, 6.07) is 7.92. The first kappa shape index (κ1) is 18.5. The van der Waals surface area contributed by atoms with Crippen molar-refractivity contribution < 1.29 is 9.59 Å². The Kier molecular flexibility index (Phi) is 7.35. The fourth-order valence-corrected chi connectivity index (χ4v) is 2.61. The number of hydrogen-bond acceptors (Lipinski definition) is 3. The van der Waals surface area contributed by atoms with E-state index in [0.29, 0.717) is 12.6 Å². The van der Waals surface area contributed by atoms with Gasteiger partial charge in [-0.2, -0.15) is 0 Å². The molecule has 1 aliphatic heterocycles. The van der Waals surface area contributed by atoms with E-state index in [4.69, 9.17) is 0 Å².